The van der Waals surface area contributed by atoms with E-state index in [2.05, 4.69) is 15.5 Å². The fourth-order valence-electron chi connectivity index (χ4n) is 1.71. The molecule has 0 unspecified atom stereocenters. The Morgan fingerprint density at radius 3 is 2.65 bits per heavy atom. The average Bonchev–Trinajstić information content (AvgIpc) is 2.94. The number of anilines is 1. The first kappa shape index (κ1) is 13.7. The van der Waals surface area contributed by atoms with Gasteiger partial charge in [-0.05, 0) is 17.7 Å². The van der Waals surface area contributed by atoms with Gasteiger partial charge in [0.05, 0.1) is 14.2 Å². The summed E-state index contributed by atoms with van der Waals surface area (Å²) < 4.78 is 10.4. The summed E-state index contributed by atoms with van der Waals surface area (Å²) in [6.07, 6.45) is 0. The largest absolute Gasteiger partial charge is 0.493 e. The Morgan fingerprint density at radius 2 is 2.05 bits per heavy atom. The third-order valence-electron chi connectivity index (χ3n) is 2.73. The molecule has 20 heavy (non-hydrogen) atoms. The van der Waals surface area contributed by atoms with Crippen LogP contribution in [0.3, 0.4) is 0 Å². The standard InChI is InChI=1S/C13H15N3O4/c1-19-10-4-3-8(5-11(10)20-2)7-14-12-6-9(13(17)18)15-16-12/h3-6H,7H2,1-2H3,(H,17,18)(H2,14,15,16). The lowest BCUT2D eigenvalue weighted by Crippen LogP contribution is -2.00. The number of aromatic carboxylic acids is 1. The summed E-state index contributed by atoms with van der Waals surface area (Å²) in [5, 5.41) is 18.1. The predicted molar refractivity (Wildman–Crippen MR) is 72.4 cm³/mol. The van der Waals surface area contributed by atoms with Gasteiger partial charge in [-0.1, -0.05) is 6.07 Å². The number of nitrogens with zero attached hydrogens (tertiary/aromatic N) is 1. The molecule has 0 saturated carbocycles. The number of methoxy groups -OCH3 is 2. The molecule has 2 aromatic rings. The molecule has 0 spiro atoms. The van der Waals surface area contributed by atoms with Crippen LogP contribution in [0.25, 0.3) is 0 Å². The lowest BCUT2D eigenvalue weighted by molar-refractivity contribution is 0.0690. The Labute approximate surface area is 115 Å². The molecule has 0 fully saturated rings. The summed E-state index contributed by atoms with van der Waals surface area (Å²) in [6, 6.07) is 6.97. The number of carboxylic acid groups (broad SMARTS) is 1. The van der Waals surface area contributed by atoms with Crippen LogP contribution in [0, 0.1) is 0 Å². The van der Waals surface area contributed by atoms with E-state index in [1.54, 1.807) is 14.2 Å². The Hall–Kier alpha value is -2.70. The Morgan fingerprint density at radius 1 is 1.30 bits per heavy atom. The van der Waals surface area contributed by atoms with E-state index < -0.39 is 5.97 Å². The minimum Gasteiger partial charge on any atom is -0.493 e. The minimum absolute atomic E-state index is 0.0415. The summed E-state index contributed by atoms with van der Waals surface area (Å²) in [5.74, 6) is 0.720. The summed E-state index contributed by atoms with van der Waals surface area (Å²) in [6.45, 7) is 0.490. The maximum Gasteiger partial charge on any atom is 0.353 e. The molecular weight excluding hydrogens is 262 g/mol. The molecule has 106 valence electrons. The summed E-state index contributed by atoms with van der Waals surface area (Å²) in [4.78, 5) is 10.7. The van der Waals surface area contributed by atoms with Crippen molar-refractivity contribution < 1.29 is 19.4 Å². The van der Waals surface area contributed by atoms with E-state index >= 15 is 0 Å². The normalized spacial score (nSPS) is 10.1. The summed E-state index contributed by atoms with van der Waals surface area (Å²) >= 11 is 0. The van der Waals surface area contributed by atoms with E-state index in [1.165, 1.54) is 6.07 Å². The van der Waals surface area contributed by atoms with Crippen LogP contribution in [0.4, 0.5) is 5.82 Å². The highest BCUT2D eigenvalue weighted by Crippen LogP contribution is 2.27. The number of aromatic amines is 1. The van der Waals surface area contributed by atoms with Gasteiger partial charge < -0.3 is 19.9 Å². The topological polar surface area (TPSA) is 96.5 Å². The zero-order valence-electron chi connectivity index (χ0n) is 11.1. The zero-order chi connectivity index (χ0) is 14.5. The van der Waals surface area contributed by atoms with Crippen LogP contribution < -0.4 is 14.8 Å². The number of benzene rings is 1. The van der Waals surface area contributed by atoms with E-state index in [4.69, 9.17) is 14.6 Å². The number of aromatic nitrogens is 2. The lowest BCUT2D eigenvalue weighted by atomic mass is 10.2. The number of ether oxygens (including phenoxy) is 2. The maximum atomic E-state index is 10.7. The van der Waals surface area contributed by atoms with Crippen LogP contribution >= 0.6 is 0 Å². The molecule has 0 amide bonds. The molecule has 0 aliphatic rings. The molecule has 3 N–H and O–H groups in total. The van der Waals surface area contributed by atoms with Crippen LogP contribution in [0.5, 0.6) is 11.5 Å². The molecule has 7 heteroatoms. The highest BCUT2D eigenvalue weighted by molar-refractivity contribution is 5.86. The predicted octanol–water partition coefficient (Wildman–Crippen LogP) is 1.74. The molecule has 0 saturated heterocycles. The van der Waals surface area contributed by atoms with Crippen LogP contribution in [-0.4, -0.2) is 35.5 Å². The van der Waals surface area contributed by atoms with Gasteiger partial charge in [0.1, 0.15) is 11.5 Å². The minimum atomic E-state index is -1.04. The molecule has 0 aliphatic carbocycles. The lowest BCUT2D eigenvalue weighted by Gasteiger charge is -2.09. The van der Waals surface area contributed by atoms with Crippen molar-refractivity contribution in [1.29, 1.82) is 0 Å². The van der Waals surface area contributed by atoms with Gasteiger partial charge in [0, 0.05) is 12.6 Å². The van der Waals surface area contributed by atoms with Gasteiger partial charge in [-0.2, -0.15) is 5.10 Å². The van der Waals surface area contributed by atoms with Crippen molar-refractivity contribution in [3.63, 3.8) is 0 Å². The first-order valence-electron chi connectivity index (χ1n) is 5.87. The highest BCUT2D eigenvalue weighted by atomic mass is 16.5. The quantitative estimate of drug-likeness (QED) is 0.744. The molecule has 2 rings (SSSR count). The molecule has 1 aromatic carbocycles. The maximum absolute atomic E-state index is 10.7. The molecule has 0 aliphatic heterocycles. The number of rotatable bonds is 6. The Balaban J connectivity index is 2.04. The van der Waals surface area contributed by atoms with E-state index in [0.717, 1.165) is 5.56 Å². The van der Waals surface area contributed by atoms with Crippen molar-refractivity contribution in [1.82, 2.24) is 10.2 Å². The van der Waals surface area contributed by atoms with Gasteiger partial charge in [-0.15, -0.1) is 0 Å². The van der Waals surface area contributed by atoms with Crippen molar-refractivity contribution in [2.45, 2.75) is 6.54 Å². The zero-order valence-corrected chi connectivity index (χ0v) is 11.1. The molecule has 7 nitrogen and oxygen atoms in total. The third kappa shape index (κ3) is 3.00. The van der Waals surface area contributed by atoms with Crippen molar-refractivity contribution in [3.8, 4) is 11.5 Å². The van der Waals surface area contributed by atoms with E-state index in [-0.39, 0.29) is 5.69 Å². The number of carbonyl (C=O) groups is 1. The first-order chi connectivity index (χ1) is 9.63. The summed E-state index contributed by atoms with van der Waals surface area (Å²) in [5.41, 5.74) is 1.00. The summed E-state index contributed by atoms with van der Waals surface area (Å²) in [7, 11) is 3.15. The Bertz CT molecular complexity index is 609. The average molecular weight is 277 g/mol. The molecule has 0 bridgehead atoms. The van der Waals surface area contributed by atoms with Gasteiger partial charge in [0.15, 0.2) is 11.5 Å². The monoisotopic (exact) mass is 277 g/mol. The van der Waals surface area contributed by atoms with Gasteiger partial charge in [0.25, 0.3) is 0 Å². The van der Waals surface area contributed by atoms with Crippen LogP contribution in [0.15, 0.2) is 24.3 Å². The van der Waals surface area contributed by atoms with E-state index in [9.17, 15) is 4.79 Å². The van der Waals surface area contributed by atoms with Crippen LogP contribution in [-0.2, 0) is 6.54 Å². The first-order valence-corrected chi connectivity index (χ1v) is 5.87. The Kier molecular flexibility index (Phi) is 4.09. The van der Waals surface area contributed by atoms with Crippen molar-refractivity contribution in [2.75, 3.05) is 19.5 Å². The molecule has 0 radical (unpaired) electrons. The van der Waals surface area contributed by atoms with E-state index in [1.807, 2.05) is 18.2 Å². The van der Waals surface area contributed by atoms with Gasteiger partial charge in [0.2, 0.25) is 0 Å². The number of hydrogen-bond donors (Lipinski definition) is 3. The van der Waals surface area contributed by atoms with Crippen LogP contribution in [0.2, 0.25) is 0 Å². The molecule has 0 atom stereocenters. The van der Waals surface area contributed by atoms with Crippen molar-refractivity contribution in [3.05, 3.63) is 35.5 Å². The van der Waals surface area contributed by atoms with Crippen molar-refractivity contribution in [2.24, 2.45) is 0 Å². The van der Waals surface area contributed by atoms with Crippen molar-refractivity contribution >= 4 is 11.8 Å². The van der Waals surface area contributed by atoms with E-state index in [0.29, 0.717) is 23.9 Å². The smallest absolute Gasteiger partial charge is 0.353 e. The molecule has 1 aromatic heterocycles. The van der Waals surface area contributed by atoms with Gasteiger partial charge in [-0.3, -0.25) is 5.10 Å². The van der Waals surface area contributed by atoms with Crippen LogP contribution in [0.1, 0.15) is 16.1 Å². The number of nitrogens with one attached hydrogen (secondary N) is 2. The SMILES string of the molecule is COc1ccc(CNc2cc(C(=O)O)[nH]n2)cc1OC. The number of hydrogen-bond acceptors (Lipinski definition) is 5. The van der Waals surface area contributed by atoms with Gasteiger partial charge >= 0.3 is 5.97 Å². The fourth-order valence-corrected chi connectivity index (χ4v) is 1.71. The molecule has 1 heterocycles. The second kappa shape index (κ2) is 5.96. The highest BCUT2D eigenvalue weighted by Gasteiger charge is 2.08. The second-order valence-corrected chi connectivity index (χ2v) is 4.01. The number of H-pyrrole nitrogens is 1. The number of carboxylic acids is 1. The van der Waals surface area contributed by atoms with Gasteiger partial charge in [-0.25, -0.2) is 4.79 Å². The third-order valence-corrected chi connectivity index (χ3v) is 2.73. The fraction of sp³-hybridized carbons (Fsp3) is 0.231. The second-order valence-electron chi connectivity index (χ2n) is 4.01. The molecular formula is C13H15N3O4.